The van der Waals surface area contributed by atoms with Crippen LogP contribution in [-0.4, -0.2) is 37.2 Å². The summed E-state index contributed by atoms with van der Waals surface area (Å²) in [4.78, 5) is 37.9. The highest BCUT2D eigenvalue weighted by molar-refractivity contribution is 5.71. The molecule has 64 heavy (non-hydrogen) atoms. The molecule has 0 aliphatic carbocycles. The molecule has 0 aliphatic heterocycles. The van der Waals surface area contributed by atoms with E-state index in [1.165, 1.54) is 96.3 Å². The molecule has 6 nitrogen and oxygen atoms in total. The first-order valence-corrected chi connectivity index (χ1v) is 26.2. The average molecular weight is 889 g/mol. The summed E-state index contributed by atoms with van der Waals surface area (Å²) in [6.45, 7) is 6.41. The van der Waals surface area contributed by atoms with E-state index in [-0.39, 0.29) is 37.5 Å². The van der Waals surface area contributed by atoms with Crippen molar-refractivity contribution in [3.63, 3.8) is 0 Å². The first-order chi connectivity index (χ1) is 31.5. The summed E-state index contributed by atoms with van der Waals surface area (Å²) < 4.78 is 16.7. The lowest BCUT2D eigenvalue weighted by Crippen LogP contribution is -2.30. The predicted molar refractivity (Wildman–Crippen MR) is 274 cm³/mol. The third kappa shape index (κ3) is 49.3. The Balaban J connectivity index is 4.46. The number of hydrogen-bond donors (Lipinski definition) is 0. The van der Waals surface area contributed by atoms with Crippen LogP contribution >= 0.6 is 0 Å². The lowest BCUT2D eigenvalue weighted by Gasteiger charge is -2.18. The Hall–Kier alpha value is -3.67. The molecule has 1 atom stereocenters. The van der Waals surface area contributed by atoms with Gasteiger partial charge in [-0.2, -0.15) is 0 Å². The molecule has 0 heterocycles. The van der Waals surface area contributed by atoms with Gasteiger partial charge in [-0.1, -0.05) is 221 Å². The first kappa shape index (κ1) is 60.3. The molecular weight excluding hydrogens is 793 g/mol. The van der Waals surface area contributed by atoms with Crippen LogP contribution in [0, 0.1) is 0 Å². The van der Waals surface area contributed by atoms with Gasteiger partial charge < -0.3 is 14.2 Å². The van der Waals surface area contributed by atoms with Crippen LogP contribution < -0.4 is 0 Å². The topological polar surface area (TPSA) is 78.9 Å². The van der Waals surface area contributed by atoms with Crippen molar-refractivity contribution in [3.05, 3.63) is 97.2 Å². The number of rotatable bonds is 46. The third-order valence-corrected chi connectivity index (χ3v) is 10.8. The maximum Gasteiger partial charge on any atom is 0.306 e. The fourth-order valence-corrected chi connectivity index (χ4v) is 6.91. The molecule has 0 amide bonds. The minimum Gasteiger partial charge on any atom is -0.462 e. The van der Waals surface area contributed by atoms with Crippen molar-refractivity contribution in [3.8, 4) is 0 Å². The molecule has 0 aromatic carbocycles. The molecule has 0 saturated carbocycles. The van der Waals surface area contributed by atoms with Crippen LogP contribution in [0.4, 0.5) is 0 Å². The Morgan fingerprint density at radius 1 is 0.328 bits per heavy atom. The summed E-state index contributed by atoms with van der Waals surface area (Å²) in [7, 11) is 0. The Labute approximate surface area is 394 Å². The maximum absolute atomic E-state index is 12.8. The minimum atomic E-state index is -0.810. The van der Waals surface area contributed by atoms with Gasteiger partial charge in [0.1, 0.15) is 13.2 Å². The van der Waals surface area contributed by atoms with Crippen LogP contribution in [0.25, 0.3) is 0 Å². The maximum atomic E-state index is 12.8. The smallest absolute Gasteiger partial charge is 0.306 e. The fourth-order valence-electron chi connectivity index (χ4n) is 6.91. The number of ether oxygens (including phenoxy) is 3. The van der Waals surface area contributed by atoms with Gasteiger partial charge in [-0.3, -0.25) is 14.4 Å². The molecule has 0 fully saturated rings. The van der Waals surface area contributed by atoms with E-state index >= 15 is 0 Å². The second-order valence-electron chi connectivity index (χ2n) is 17.1. The van der Waals surface area contributed by atoms with Gasteiger partial charge in [-0.25, -0.2) is 0 Å². The van der Waals surface area contributed by atoms with E-state index in [0.717, 1.165) is 89.9 Å². The fraction of sp³-hybridized carbons (Fsp3) is 0.672. The molecule has 0 aromatic rings. The Bertz CT molecular complexity index is 1300. The summed E-state index contributed by atoms with van der Waals surface area (Å²) in [6.07, 6.45) is 68.3. The van der Waals surface area contributed by atoms with Crippen LogP contribution in [0.2, 0.25) is 0 Å². The molecule has 0 bridgehead atoms. The van der Waals surface area contributed by atoms with E-state index in [1.54, 1.807) is 0 Å². The van der Waals surface area contributed by atoms with E-state index in [2.05, 4.69) is 112 Å². The van der Waals surface area contributed by atoms with E-state index in [0.29, 0.717) is 19.3 Å². The lowest BCUT2D eigenvalue weighted by atomic mass is 10.1. The lowest BCUT2D eigenvalue weighted by molar-refractivity contribution is -0.166. The van der Waals surface area contributed by atoms with Crippen molar-refractivity contribution in [1.29, 1.82) is 0 Å². The number of hydrogen-bond acceptors (Lipinski definition) is 6. The van der Waals surface area contributed by atoms with Crippen LogP contribution in [0.15, 0.2) is 97.2 Å². The van der Waals surface area contributed by atoms with Crippen molar-refractivity contribution in [1.82, 2.24) is 0 Å². The predicted octanol–water partition coefficient (Wildman–Crippen LogP) is 17.4. The Morgan fingerprint density at radius 3 is 1.06 bits per heavy atom. The Kier molecular flexibility index (Phi) is 49.0. The monoisotopic (exact) mass is 889 g/mol. The largest absolute Gasteiger partial charge is 0.462 e. The van der Waals surface area contributed by atoms with E-state index in [4.69, 9.17) is 14.2 Å². The molecule has 6 heteroatoms. The van der Waals surface area contributed by atoms with E-state index < -0.39 is 6.10 Å². The normalized spacial score (nSPS) is 12.9. The van der Waals surface area contributed by atoms with Gasteiger partial charge in [-0.15, -0.1) is 0 Å². The molecule has 0 rings (SSSR count). The number of allylic oxidation sites excluding steroid dienone is 16. The van der Waals surface area contributed by atoms with Gasteiger partial charge in [0.25, 0.3) is 0 Å². The zero-order valence-corrected chi connectivity index (χ0v) is 41.5. The molecule has 0 spiro atoms. The summed E-state index contributed by atoms with van der Waals surface area (Å²) in [5.41, 5.74) is 0. The van der Waals surface area contributed by atoms with Crippen molar-refractivity contribution in [2.24, 2.45) is 0 Å². The van der Waals surface area contributed by atoms with Crippen LogP contribution in [0.1, 0.15) is 233 Å². The molecule has 0 radical (unpaired) electrons. The van der Waals surface area contributed by atoms with Crippen molar-refractivity contribution >= 4 is 17.9 Å². The number of unbranched alkanes of at least 4 members (excludes halogenated alkanes) is 19. The van der Waals surface area contributed by atoms with Gasteiger partial charge in [-0.05, 0) is 89.9 Å². The van der Waals surface area contributed by atoms with Crippen LogP contribution in [-0.2, 0) is 28.6 Å². The van der Waals surface area contributed by atoms with E-state index in [9.17, 15) is 14.4 Å². The second kappa shape index (κ2) is 52.0. The summed E-state index contributed by atoms with van der Waals surface area (Å²) in [5.74, 6) is -1.00. The molecule has 0 aromatic heterocycles. The highest BCUT2D eigenvalue weighted by atomic mass is 16.6. The Morgan fingerprint density at radius 2 is 0.641 bits per heavy atom. The first-order valence-electron chi connectivity index (χ1n) is 26.2. The zero-order valence-electron chi connectivity index (χ0n) is 41.5. The third-order valence-electron chi connectivity index (χ3n) is 10.8. The van der Waals surface area contributed by atoms with Crippen molar-refractivity contribution in [2.45, 2.75) is 239 Å². The van der Waals surface area contributed by atoms with Crippen LogP contribution in [0.5, 0.6) is 0 Å². The average Bonchev–Trinajstić information content (AvgIpc) is 3.29. The van der Waals surface area contributed by atoms with Gasteiger partial charge in [0, 0.05) is 19.3 Å². The molecular formula is C58H96O6. The van der Waals surface area contributed by atoms with E-state index in [1.807, 2.05) is 6.08 Å². The van der Waals surface area contributed by atoms with Crippen LogP contribution in [0.3, 0.4) is 0 Å². The molecule has 0 N–H and O–H groups in total. The zero-order chi connectivity index (χ0) is 46.5. The SMILES string of the molecule is CC/C=C\C/C=C\C/C=C\C/C=C\C/C=C\C/C=C\CCC(=O)OCC(COC(=O)CCCCCCCCCCC)OC(=O)CCCCCCCCC/C=C\C/C=C\CCCCCC. The van der Waals surface area contributed by atoms with Gasteiger partial charge in [0.05, 0.1) is 0 Å². The minimum absolute atomic E-state index is 0.104. The van der Waals surface area contributed by atoms with Gasteiger partial charge in [0.15, 0.2) is 6.10 Å². The molecule has 1 unspecified atom stereocenters. The summed E-state index contributed by atoms with van der Waals surface area (Å²) in [5, 5.41) is 0. The quantitative estimate of drug-likeness (QED) is 0.0262. The highest BCUT2D eigenvalue weighted by Gasteiger charge is 2.19. The molecule has 364 valence electrons. The summed E-state index contributed by atoms with van der Waals surface area (Å²) >= 11 is 0. The summed E-state index contributed by atoms with van der Waals surface area (Å²) in [6, 6.07) is 0. The van der Waals surface area contributed by atoms with Gasteiger partial charge in [0.2, 0.25) is 0 Å². The highest BCUT2D eigenvalue weighted by Crippen LogP contribution is 2.14. The second-order valence-corrected chi connectivity index (χ2v) is 17.1. The molecule has 0 aliphatic rings. The van der Waals surface area contributed by atoms with Crippen molar-refractivity contribution < 1.29 is 28.6 Å². The number of carbonyl (C=O) groups is 3. The molecule has 0 saturated heterocycles. The van der Waals surface area contributed by atoms with Gasteiger partial charge >= 0.3 is 17.9 Å². The number of carbonyl (C=O) groups excluding carboxylic acids is 3. The standard InChI is InChI=1S/C58H96O6/c1-4-7-10-13-16-19-21-23-25-27-29-31-32-34-36-39-42-45-48-51-57(60)63-54-55(53-62-56(59)50-47-44-41-38-18-15-12-9-6-3)64-58(61)52-49-46-43-40-37-35-33-30-28-26-24-22-20-17-14-11-8-5-2/h7,10,16,19-20,22-23,25-26,28-29,31,34,36,42,45,55H,4-6,8-9,11-15,17-18,21,24,27,30,32-33,35,37-41,43-44,46-54H2,1-3H3/b10-7-,19-16-,22-20-,25-23-,28-26-,31-29-,36-34-,45-42-. The number of esters is 3. The van der Waals surface area contributed by atoms with Crippen molar-refractivity contribution in [2.75, 3.05) is 13.2 Å².